The maximum Gasteiger partial charge on any atom is 0.573 e. The van der Waals surface area contributed by atoms with Crippen LogP contribution in [0.3, 0.4) is 0 Å². The number of nitrogens with zero attached hydrogens (tertiary/aromatic N) is 2. The van der Waals surface area contributed by atoms with Gasteiger partial charge in [0.05, 0.1) is 5.69 Å². The molecule has 0 fully saturated rings. The van der Waals surface area contributed by atoms with Crippen molar-refractivity contribution in [2.75, 3.05) is 5.32 Å². The van der Waals surface area contributed by atoms with Crippen molar-refractivity contribution in [1.82, 2.24) is 9.97 Å². The van der Waals surface area contributed by atoms with Crippen molar-refractivity contribution in [2.24, 2.45) is 0 Å². The van der Waals surface area contributed by atoms with Crippen LogP contribution >= 0.6 is 11.6 Å². The molecule has 19 heavy (non-hydrogen) atoms. The van der Waals surface area contributed by atoms with Gasteiger partial charge < -0.3 is 10.1 Å². The molecule has 1 aromatic heterocycles. The molecular formula is C11H7ClF3N3O. The molecule has 100 valence electrons. The SMILES string of the molecule is FC(F)(F)Oc1ccccc1Nc1ccnc(Cl)n1. The summed E-state index contributed by atoms with van der Waals surface area (Å²) in [5, 5.41) is 2.66. The number of ether oxygens (including phenoxy) is 1. The smallest absolute Gasteiger partial charge is 0.404 e. The Hall–Kier alpha value is -2.02. The lowest BCUT2D eigenvalue weighted by atomic mass is 10.3. The fraction of sp³-hybridized carbons (Fsp3) is 0.0909. The van der Waals surface area contributed by atoms with Crippen LogP contribution in [0, 0.1) is 0 Å². The maximum atomic E-state index is 12.2. The minimum atomic E-state index is -4.76. The topological polar surface area (TPSA) is 47.0 Å². The highest BCUT2D eigenvalue weighted by atomic mass is 35.5. The zero-order valence-electron chi connectivity index (χ0n) is 9.28. The van der Waals surface area contributed by atoms with Crippen molar-refractivity contribution in [1.29, 1.82) is 0 Å². The van der Waals surface area contributed by atoms with E-state index in [0.717, 1.165) is 0 Å². The molecule has 0 aliphatic carbocycles. The first kappa shape index (κ1) is 13.4. The molecule has 0 amide bonds. The summed E-state index contributed by atoms with van der Waals surface area (Å²) in [4.78, 5) is 7.48. The highest BCUT2D eigenvalue weighted by Gasteiger charge is 2.32. The van der Waals surface area contributed by atoms with E-state index in [4.69, 9.17) is 11.6 Å². The molecule has 0 aliphatic heterocycles. The van der Waals surface area contributed by atoms with Gasteiger partial charge in [-0.2, -0.15) is 0 Å². The second-order valence-corrected chi connectivity index (χ2v) is 3.72. The number of hydrogen-bond donors (Lipinski definition) is 1. The van der Waals surface area contributed by atoms with E-state index in [1.54, 1.807) is 6.07 Å². The van der Waals surface area contributed by atoms with Gasteiger partial charge in [-0.15, -0.1) is 13.2 Å². The van der Waals surface area contributed by atoms with Gasteiger partial charge in [0.2, 0.25) is 5.28 Å². The summed E-state index contributed by atoms with van der Waals surface area (Å²) < 4.78 is 40.6. The van der Waals surface area contributed by atoms with E-state index in [9.17, 15) is 13.2 Å². The number of benzene rings is 1. The molecule has 0 saturated carbocycles. The van der Waals surface area contributed by atoms with Crippen LogP contribution in [0.25, 0.3) is 0 Å². The Morgan fingerprint density at radius 2 is 1.89 bits per heavy atom. The molecule has 1 aromatic carbocycles. The van der Waals surface area contributed by atoms with Gasteiger partial charge in [0, 0.05) is 6.20 Å². The quantitative estimate of drug-likeness (QED) is 0.874. The molecule has 1 N–H and O–H groups in total. The standard InChI is InChI=1S/C11H7ClF3N3O/c12-10-16-6-5-9(18-10)17-7-3-1-2-4-8(7)19-11(13,14)15/h1-6H,(H,16,17,18). The second kappa shape index (κ2) is 5.31. The summed E-state index contributed by atoms with van der Waals surface area (Å²) in [5.41, 5.74) is 0.120. The molecule has 0 aliphatic rings. The van der Waals surface area contributed by atoms with Crippen LogP contribution in [0.2, 0.25) is 5.28 Å². The van der Waals surface area contributed by atoms with Crippen molar-refractivity contribution in [3.05, 3.63) is 41.8 Å². The van der Waals surface area contributed by atoms with E-state index in [2.05, 4.69) is 20.0 Å². The van der Waals surface area contributed by atoms with Crippen LogP contribution in [-0.4, -0.2) is 16.3 Å². The molecule has 8 heteroatoms. The Morgan fingerprint density at radius 1 is 1.16 bits per heavy atom. The Labute approximate surface area is 111 Å². The first-order chi connectivity index (χ1) is 8.94. The lowest BCUT2D eigenvalue weighted by Gasteiger charge is -2.13. The van der Waals surface area contributed by atoms with Crippen LogP contribution in [-0.2, 0) is 0 Å². The molecule has 0 unspecified atom stereocenters. The third-order valence-electron chi connectivity index (χ3n) is 2.00. The highest BCUT2D eigenvalue weighted by Crippen LogP contribution is 2.31. The normalized spacial score (nSPS) is 11.2. The predicted molar refractivity (Wildman–Crippen MR) is 63.4 cm³/mol. The van der Waals surface area contributed by atoms with E-state index >= 15 is 0 Å². The summed E-state index contributed by atoms with van der Waals surface area (Å²) in [6, 6.07) is 7.08. The summed E-state index contributed by atoms with van der Waals surface area (Å²) in [7, 11) is 0. The van der Waals surface area contributed by atoms with Gasteiger partial charge in [-0.25, -0.2) is 9.97 Å². The fourth-order valence-electron chi connectivity index (χ4n) is 1.33. The lowest BCUT2D eigenvalue weighted by Crippen LogP contribution is -2.17. The number of aromatic nitrogens is 2. The van der Waals surface area contributed by atoms with Crippen LogP contribution in [0.5, 0.6) is 5.75 Å². The minimum absolute atomic E-state index is 0.0146. The largest absolute Gasteiger partial charge is 0.573 e. The molecule has 0 atom stereocenters. The Balaban J connectivity index is 2.25. The Bertz CT molecular complexity index is 577. The number of hydrogen-bond acceptors (Lipinski definition) is 4. The van der Waals surface area contributed by atoms with Crippen molar-refractivity contribution in [3.63, 3.8) is 0 Å². The van der Waals surface area contributed by atoms with E-state index in [1.165, 1.54) is 30.5 Å². The Morgan fingerprint density at radius 3 is 2.58 bits per heavy atom. The van der Waals surface area contributed by atoms with Crippen LogP contribution in [0.4, 0.5) is 24.7 Å². The molecular weight excluding hydrogens is 283 g/mol. The molecule has 0 bridgehead atoms. The number of alkyl halides is 3. The maximum absolute atomic E-state index is 12.2. The van der Waals surface area contributed by atoms with Gasteiger partial charge in [0.25, 0.3) is 0 Å². The Kier molecular flexibility index (Phi) is 3.75. The second-order valence-electron chi connectivity index (χ2n) is 3.38. The first-order valence-corrected chi connectivity index (χ1v) is 5.42. The van der Waals surface area contributed by atoms with Crippen molar-refractivity contribution in [3.8, 4) is 5.75 Å². The number of nitrogens with one attached hydrogen (secondary N) is 1. The van der Waals surface area contributed by atoms with Crippen molar-refractivity contribution < 1.29 is 17.9 Å². The minimum Gasteiger partial charge on any atom is -0.404 e. The number of halogens is 4. The number of rotatable bonds is 3. The first-order valence-electron chi connectivity index (χ1n) is 5.04. The summed E-state index contributed by atoms with van der Waals surface area (Å²) in [5.74, 6) is -0.0945. The highest BCUT2D eigenvalue weighted by molar-refractivity contribution is 6.28. The van der Waals surface area contributed by atoms with E-state index in [0.29, 0.717) is 0 Å². The zero-order valence-corrected chi connectivity index (χ0v) is 10.0. The molecule has 4 nitrogen and oxygen atoms in total. The van der Waals surface area contributed by atoms with Gasteiger partial charge in [0.15, 0.2) is 5.75 Å². The van der Waals surface area contributed by atoms with Gasteiger partial charge in [-0.3, -0.25) is 0 Å². The van der Waals surface area contributed by atoms with E-state index in [1.807, 2.05) is 0 Å². The molecule has 0 radical (unpaired) electrons. The summed E-state index contributed by atoms with van der Waals surface area (Å²) >= 11 is 5.58. The van der Waals surface area contributed by atoms with Crippen LogP contribution in [0.15, 0.2) is 36.5 Å². The van der Waals surface area contributed by atoms with Gasteiger partial charge in [-0.05, 0) is 29.8 Å². The summed E-state index contributed by atoms with van der Waals surface area (Å²) in [6.45, 7) is 0. The number of para-hydroxylation sites is 2. The lowest BCUT2D eigenvalue weighted by molar-refractivity contribution is -0.274. The van der Waals surface area contributed by atoms with Crippen LogP contribution < -0.4 is 10.1 Å². The monoisotopic (exact) mass is 289 g/mol. The third-order valence-corrected chi connectivity index (χ3v) is 2.18. The molecule has 2 aromatic rings. The van der Waals surface area contributed by atoms with Gasteiger partial charge in [-0.1, -0.05) is 12.1 Å². The number of anilines is 2. The summed E-state index contributed by atoms with van der Waals surface area (Å²) in [6.07, 6.45) is -3.38. The van der Waals surface area contributed by atoms with Crippen molar-refractivity contribution in [2.45, 2.75) is 6.36 Å². The van der Waals surface area contributed by atoms with Crippen molar-refractivity contribution >= 4 is 23.1 Å². The van der Waals surface area contributed by atoms with Gasteiger partial charge in [0.1, 0.15) is 5.82 Å². The molecule has 0 spiro atoms. The van der Waals surface area contributed by atoms with E-state index < -0.39 is 6.36 Å². The average molecular weight is 290 g/mol. The predicted octanol–water partition coefficient (Wildman–Crippen LogP) is 3.77. The molecule has 1 heterocycles. The van der Waals surface area contributed by atoms with E-state index in [-0.39, 0.29) is 22.5 Å². The zero-order chi connectivity index (χ0) is 13.9. The third kappa shape index (κ3) is 3.99. The van der Waals surface area contributed by atoms with Crippen LogP contribution in [0.1, 0.15) is 0 Å². The van der Waals surface area contributed by atoms with Gasteiger partial charge >= 0.3 is 6.36 Å². The molecule has 2 rings (SSSR count). The average Bonchev–Trinajstić information content (AvgIpc) is 2.30. The fourth-order valence-corrected chi connectivity index (χ4v) is 1.47. The molecule has 0 saturated heterocycles.